The number of ether oxygens (including phenoxy) is 1. The Labute approximate surface area is 158 Å². The van der Waals surface area contributed by atoms with Gasteiger partial charge in [0.25, 0.3) is 5.16 Å². The minimum Gasteiger partial charge on any atom is -0.545 e. The number of carboxylic acids is 1. The van der Waals surface area contributed by atoms with Crippen LogP contribution >= 0.6 is 11.8 Å². The van der Waals surface area contributed by atoms with Crippen LogP contribution in [0.3, 0.4) is 0 Å². The van der Waals surface area contributed by atoms with Crippen molar-refractivity contribution in [3.05, 3.63) is 46.1 Å². The fraction of sp³-hybridized carbons (Fsp3) is 0.231. The standard InChI is InChI=1S/C13H13N3O5S.Na/c1-15-11(16(19)20)8-14-13(15)22-7-6-21-10-4-2-9(3-5-10)12(17)18;/h2-5,8H,6-7H2,1H3,(H,17,18);/q;+1/p-1. The van der Waals surface area contributed by atoms with E-state index in [1.807, 2.05) is 0 Å². The van der Waals surface area contributed by atoms with Gasteiger partial charge in [-0.1, -0.05) is 11.8 Å². The first kappa shape index (κ1) is 19.5. The number of carboxylic acid groups (broad SMARTS) is 1. The average Bonchev–Trinajstić information content (AvgIpc) is 2.85. The molecule has 23 heavy (non-hydrogen) atoms. The maximum absolute atomic E-state index is 10.7. The molecule has 0 aliphatic carbocycles. The summed E-state index contributed by atoms with van der Waals surface area (Å²) in [5.74, 6) is -0.222. The first-order valence-corrected chi connectivity index (χ1v) is 7.20. The van der Waals surface area contributed by atoms with Gasteiger partial charge in [-0.2, -0.15) is 0 Å². The monoisotopic (exact) mass is 345 g/mol. The van der Waals surface area contributed by atoms with E-state index in [2.05, 4.69) is 4.98 Å². The number of hydrogen-bond donors (Lipinski definition) is 0. The van der Waals surface area contributed by atoms with Crippen molar-refractivity contribution in [2.75, 3.05) is 12.4 Å². The third-order valence-corrected chi connectivity index (χ3v) is 3.79. The van der Waals surface area contributed by atoms with Gasteiger partial charge >= 0.3 is 35.4 Å². The second kappa shape index (κ2) is 8.92. The third-order valence-electron chi connectivity index (χ3n) is 2.78. The van der Waals surface area contributed by atoms with Crippen LogP contribution in [0.2, 0.25) is 0 Å². The summed E-state index contributed by atoms with van der Waals surface area (Å²) in [5, 5.41) is 21.8. The van der Waals surface area contributed by atoms with Crippen molar-refractivity contribution >= 4 is 23.5 Å². The molecule has 0 fully saturated rings. The molecule has 0 N–H and O–H groups in total. The minimum atomic E-state index is -1.24. The predicted molar refractivity (Wildman–Crippen MR) is 76.9 cm³/mol. The molecule has 0 bridgehead atoms. The molecule has 0 aliphatic rings. The molecule has 0 atom stereocenters. The second-order valence-electron chi connectivity index (χ2n) is 4.22. The quantitative estimate of drug-likeness (QED) is 0.185. The average molecular weight is 345 g/mol. The van der Waals surface area contributed by atoms with E-state index >= 15 is 0 Å². The van der Waals surface area contributed by atoms with Crippen LogP contribution in [-0.4, -0.2) is 32.8 Å². The number of rotatable bonds is 7. The largest absolute Gasteiger partial charge is 1.00 e. The van der Waals surface area contributed by atoms with Gasteiger partial charge in [0.1, 0.15) is 11.9 Å². The van der Waals surface area contributed by atoms with Crippen molar-refractivity contribution in [1.29, 1.82) is 0 Å². The molecule has 2 rings (SSSR count). The maximum atomic E-state index is 10.7. The summed E-state index contributed by atoms with van der Waals surface area (Å²) in [6.45, 7) is 0.357. The molecule has 1 aromatic carbocycles. The molecule has 0 unspecified atom stereocenters. The van der Waals surface area contributed by atoms with E-state index in [1.54, 1.807) is 19.2 Å². The van der Waals surface area contributed by atoms with Crippen LogP contribution in [0.5, 0.6) is 5.75 Å². The Balaban J connectivity index is 0.00000264. The van der Waals surface area contributed by atoms with Crippen molar-refractivity contribution < 1.29 is 49.1 Å². The van der Waals surface area contributed by atoms with Crippen LogP contribution in [-0.2, 0) is 7.05 Å². The van der Waals surface area contributed by atoms with Gasteiger partial charge in [0.15, 0.2) is 0 Å². The molecule has 0 aliphatic heterocycles. The molecule has 10 heteroatoms. The van der Waals surface area contributed by atoms with Gasteiger partial charge in [-0.3, -0.25) is 0 Å². The number of benzene rings is 1. The number of hydrogen-bond acceptors (Lipinski definition) is 7. The normalized spacial score (nSPS) is 9.96. The van der Waals surface area contributed by atoms with Crippen molar-refractivity contribution in [3.8, 4) is 5.75 Å². The molecule has 2 aromatic rings. The van der Waals surface area contributed by atoms with Crippen LogP contribution in [0, 0.1) is 10.1 Å². The number of thioether (sulfide) groups is 1. The third kappa shape index (κ3) is 5.24. The van der Waals surface area contributed by atoms with E-state index in [-0.39, 0.29) is 40.9 Å². The molecule has 0 amide bonds. The first-order chi connectivity index (χ1) is 10.5. The molecule has 0 saturated carbocycles. The summed E-state index contributed by atoms with van der Waals surface area (Å²) < 4.78 is 6.85. The smallest absolute Gasteiger partial charge is 0.545 e. The van der Waals surface area contributed by atoms with Crippen LogP contribution in [0.4, 0.5) is 5.82 Å². The van der Waals surface area contributed by atoms with E-state index in [9.17, 15) is 20.0 Å². The summed E-state index contributed by atoms with van der Waals surface area (Å²) in [4.78, 5) is 24.8. The Morgan fingerprint density at radius 1 is 1.39 bits per heavy atom. The van der Waals surface area contributed by atoms with Gasteiger partial charge in [-0.05, 0) is 34.8 Å². The van der Waals surface area contributed by atoms with E-state index in [0.717, 1.165) is 0 Å². The minimum absolute atomic E-state index is 0. The van der Waals surface area contributed by atoms with E-state index in [1.165, 1.54) is 34.7 Å². The van der Waals surface area contributed by atoms with Crippen LogP contribution in [0.15, 0.2) is 35.6 Å². The number of aromatic carboxylic acids is 1. The van der Waals surface area contributed by atoms with Crippen molar-refractivity contribution in [3.63, 3.8) is 0 Å². The zero-order valence-corrected chi connectivity index (χ0v) is 15.4. The number of carbonyl (C=O) groups is 1. The van der Waals surface area contributed by atoms with Gasteiger partial charge in [-0.15, -0.1) is 0 Å². The molecule has 0 spiro atoms. The molecule has 0 saturated heterocycles. The van der Waals surface area contributed by atoms with E-state index in [0.29, 0.717) is 23.3 Å². The summed E-state index contributed by atoms with van der Waals surface area (Å²) in [6, 6.07) is 5.89. The van der Waals surface area contributed by atoms with Crippen LogP contribution in [0.25, 0.3) is 0 Å². The zero-order valence-electron chi connectivity index (χ0n) is 12.6. The van der Waals surface area contributed by atoms with Gasteiger partial charge in [0, 0.05) is 5.75 Å². The van der Waals surface area contributed by atoms with Gasteiger partial charge in [-0.25, -0.2) is 9.55 Å². The first-order valence-electron chi connectivity index (χ1n) is 6.22. The Morgan fingerprint density at radius 3 is 2.57 bits per heavy atom. The fourth-order valence-corrected chi connectivity index (χ4v) is 2.43. The number of imidazole rings is 1. The van der Waals surface area contributed by atoms with E-state index < -0.39 is 10.9 Å². The predicted octanol–water partition coefficient (Wildman–Crippen LogP) is -2.13. The van der Waals surface area contributed by atoms with Crippen molar-refractivity contribution in [2.24, 2.45) is 7.05 Å². The second-order valence-corrected chi connectivity index (χ2v) is 5.29. The van der Waals surface area contributed by atoms with Crippen LogP contribution < -0.4 is 39.4 Å². The zero-order chi connectivity index (χ0) is 16.1. The summed E-state index contributed by atoms with van der Waals surface area (Å²) >= 11 is 1.33. The Bertz CT molecular complexity index is 689. The molecule has 0 radical (unpaired) electrons. The fourth-order valence-electron chi connectivity index (χ4n) is 1.67. The number of carbonyl (C=O) groups excluding carboxylic acids is 1. The molecule has 8 nitrogen and oxygen atoms in total. The van der Waals surface area contributed by atoms with E-state index in [4.69, 9.17) is 4.74 Å². The molecule has 116 valence electrons. The Kier molecular flexibility index (Phi) is 7.56. The van der Waals surface area contributed by atoms with Crippen LogP contribution in [0.1, 0.15) is 10.4 Å². The number of nitro groups is 1. The SMILES string of the molecule is Cn1c([N+](=O)[O-])cnc1SCCOc1ccc(C(=O)[O-])cc1.[Na+]. The summed E-state index contributed by atoms with van der Waals surface area (Å²) in [7, 11) is 1.58. The van der Waals surface area contributed by atoms with Gasteiger partial charge < -0.3 is 24.8 Å². The van der Waals surface area contributed by atoms with Gasteiger partial charge in [0.05, 0.1) is 19.6 Å². The Morgan fingerprint density at radius 2 is 2.04 bits per heavy atom. The molecule has 1 aromatic heterocycles. The maximum Gasteiger partial charge on any atom is 1.00 e. The van der Waals surface area contributed by atoms with Gasteiger partial charge in [0.2, 0.25) is 0 Å². The summed E-state index contributed by atoms with van der Waals surface area (Å²) in [6.07, 6.45) is 1.21. The van der Waals surface area contributed by atoms with Crippen molar-refractivity contribution in [1.82, 2.24) is 9.55 Å². The topological polar surface area (TPSA) is 110 Å². The Hall–Kier alpha value is -1.55. The van der Waals surface area contributed by atoms with Crippen molar-refractivity contribution in [2.45, 2.75) is 5.16 Å². The molecular weight excluding hydrogens is 333 g/mol. The molecule has 1 heterocycles. The molecular formula is C13H12N3NaO5S. The number of aromatic nitrogens is 2. The number of nitrogens with zero attached hydrogens (tertiary/aromatic N) is 3. The summed E-state index contributed by atoms with van der Waals surface area (Å²) in [5.41, 5.74) is 0.0852.